The van der Waals surface area contributed by atoms with Crippen LogP contribution in [0.25, 0.3) is 0 Å². The van der Waals surface area contributed by atoms with Crippen molar-refractivity contribution in [1.29, 1.82) is 0 Å². The number of ether oxygens (including phenoxy) is 3. The van der Waals surface area contributed by atoms with Crippen molar-refractivity contribution < 1.29 is 33.7 Å². The molecule has 0 bridgehead atoms. The van der Waals surface area contributed by atoms with E-state index in [1.54, 1.807) is 41.5 Å². The normalized spacial score (nSPS) is 22.9. The molecule has 2 heterocycles. The number of aliphatic hydroxyl groups is 1. The van der Waals surface area contributed by atoms with Crippen molar-refractivity contribution in [1.82, 2.24) is 9.55 Å². The van der Waals surface area contributed by atoms with Crippen molar-refractivity contribution in [3.63, 3.8) is 0 Å². The number of carbonyl (C=O) groups is 3. The van der Waals surface area contributed by atoms with E-state index in [0.29, 0.717) is 0 Å². The van der Waals surface area contributed by atoms with Crippen LogP contribution in [0.3, 0.4) is 0 Å². The van der Waals surface area contributed by atoms with E-state index in [-0.39, 0.29) is 30.2 Å². The minimum absolute atomic E-state index is 0.0580. The summed E-state index contributed by atoms with van der Waals surface area (Å²) in [4.78, 5) is 52.1. The highest BCUT2D eigenvalue weighted by molar-refractivity contribution is 5.91. The highest BCUT2D eigenvalue weighted by Crippen LogP contribution is 2.31. The molecular weight excluding hydrogens is 422 g/mol. The second kappa shape index (κ2) is 10.7. The molecule has 11 heteroatoms. The molecule has 178 valence electrons. The number of hydrogen-bond acceptors (Lipinski definition) is 9. The molecule has 0 unspecified atom stereocenters. The Morgan fingerprint density at radius 2 is 1.75 bits per heavy atom. The van der Waals surface area contributed by atoms with Crippen LogP contribution in [0.2, 0.25) is 0 Å². The summed E-state index contributed by atoms with van der Waals surface area (Å²) in [6, 6.07) is 1.39. The quantitative estimate of drug-likeness (QED) is 0.547. The lowest BCUT2D eigenvalue weighted by Crippen LogP contribution is -2.40. The Kier molecular flexibility index (Phi) is 8.51. The predicted octanol–water partition coefficient (Wildman–Crippen LogP) is 0.863. The van der Waals surface area contributed by atoms with Crippen LogP contribution in [0, 0.1) is 17.8 Å². The molecule has 0 radical (unpaired) electrons. The van der Waals surface area contributed by atoms with Crippen molar-refractivity contribution in [3.8, 4) is 0 Å². The van der Waals surface area contributed by atoms with Gasteiger partial charge in [-0.2, -0.15) is 4.98 Å². The number of esters is 2. The first-order valence-corrected chi connectivity index (χ1v) is 10.5. The Bertz CT molecular complexity index is 895. The van der Waals surface area contributed by atoms with Crippen LogP contribution in [0.4, 0.5) is 5.82 Å². The van der Waals surface area contributed by atoms with Crippen LogP contribution in [-0.2, 0) is 28.6 Å². The number of aromatic nitrogens is 2. The summed E-state index contributed by atoms with van der Waals surface area (Å²) in [7, 11) is 0. The molecule has 0 aliphatic carbocycles. The molecule has 1 aliphatic heterocycles. The summed E-state index contributed by atoms with van der Waals surface area (Å²) in [5.74, 6) is -2.45. The van der Waals surface area contributed by atoms with Gasteiger partial charge >= 0.3 is 17.6 Å². The fourth-order valence-electron chi connectivity index (χ4n) is 2.78. The Morgan fingerprint density at radius 3 is 2.28 bits per heavy atom. The molecule has 0 spiro atoms. The number of aliphatic hydroxyl groups excluding tert-OH is 1. The van der Waals surface area contributed by atoms with Crippen molar-refractivity contribution >= 4 is 23.7 Å². The zero-order valence-electron chi connectivity index (χ0n) is 19.1. The van der Waals surface area contributed by atoms with Gasteiger partial charge in [0.2, 0.25) is 5.91 Å². The van der Waals surface area contributed by atoms with E-state index in [9.17, 15) is 24.3 Å². The SMILES string of the molecule is CC(C)C(=O)Nc1ccn([C@@H]2O[C@H](COC(=O)C(C)C)[C@@H](OC(=O)C(C)C)[C@H]2O)c(=O)n1. The Hall–Kier alpha value is -2.79. The van der Waals surface area contributed by atoms with Gasteiger partial charge in [-0.1, -0.05) is 41.5 Å². The fourth-order valence-corrected chi connectivity index (χ4v) is 2.78. The van der Waals surface area contributed by atoms with Gasteiger partial charge in [-0.05, 0) is 6.07 Å². The topological polar surface area (TPSA) is 146 Å². The largest absolute Gasteiger partial charge is 0.463 e. The zero-order valence-corrected chi connectivity index (χ0v) is 19.1. The van der Waals surface area contributed by atoms with Gasteiger partial charge in [0.25, 0.3) is 0 Å². The monoisotopic (exact) mass is 453 g/mol. The Balaban J connectivity index is 2.25. The molecule has 11 nitrogen and oxygen atoms in total. The van der Waals surface area contributed by atoms with Crippen LogP contribution in [0.5, 0.6) is 0 Å². The molecular formula is C21H31N3O8. The van der Waals surface area contributed by atoms with E-state index in [4.69, 9.17) is 14.2 Å². The van der Waals surface area contributed by atoms with E-state index in [1.165, 1.54) is 12.3 Å². The maximum absolute atomic E-state index is 12.5. The van der Waals surface area contributed by atoms with Gasteiger partial charge in [0, 0.05) is 12.1 Å². The minimum Gasteiger partial charge on any atom is -0.463 e. The number of amides is 1. The predicted molar refractivity (Wildman–Crippen MR) is 112 cm³/mol. The second-order valence-corrected chi connectivity index (χ2v) is 8.54. The lowest BCUT2D eigenvalue weighted by Gasteiger charge is -2.22. The van der Waals surface area contributed by atoms with Crippen molar-refractivity contribution in [3.05, 3.63) is 22.7 Å². The molecule has 2 N–H and O–H groups in total. The maximum Gasteiger partial charge on any atom is 0.351 e. The van der Waals surface area contributed by atoms with Crippen LogP contribution in [0.15, 0.2) is 17.1 Å². The lowest BCUT2D eigenvalue weighted by atomic mass is 10.1. The highest BCUT2D eigenvalue weighted by atomic mass is 16.6. The van der Waals surface area contributed by atoms with Gasteiger partial charge in [0.1, 0.15) is 24.6 Å². The van der Waals surface area contributed by atoms with Gasteiger partial charge in [0.05, 0.1) is 11.8 Å². The van der Waals surface area contributed by atoms with Crippen LogP contribution >= 0.6 is 0 Å². The molecule has 0 aromatic carbocycles. The molecule has 2 rings (SSSR count). The summed E-state index contributed by atoms with van der Waals surface area (Å²) in [6.07, 6.45) is -3.51. The molecule has 0 saturated carbocycles. The van der Waals surface area contributed by atoms with Gasteiger partial charge in [-0.15, -0.1) is 0 Å². The van der Waals surface area contributed by atoms with E-state index in [0.717, 1.165) is 4.57 Å². The molecule has 4 atom stereocenters. The molecule has 1 aromatic rings. The summed E-state index contributed by atoms with van der Waals surface area (Å²) in [6.45, 7) is 9.72. The average molecular weight is 453 g/mol. The fraction of sp³-hybridized carbons (Fsp3) is 0.667. The van der Waals surface area contributed by atoms with E-state index in [1.807, 2.05) is 0 Å². The van der Waals surface area contributed by atoms with Gasteiger partial charge < -0.3 is 24.6 Å². The molecule has 32 heavy (non-hydrogen) atoms. The van der Waals surface area contributed by atoms with Gasteiger partial charge in [-0.25, -0.2) is 4.79 Å². The average Bonchev–Trinajstić information content (AvgIpc) is 3.01. The molecule has 1 amide bonds. The van der Waals surface area contributed by atoms with Gasteiger partial charge in [-0.3, -0.25) is 19.0 Å². The summed E-state index contributed by atoms with van der Waals surface area (Å²) >= 11 is 0. The van der Waals surface area contributed by atoms with Crippen LogP contribution in [-0.4, -0.2) is 57.4 Å². The second-order valence-electron chi connectivity index (χ2n) is 8.54. The van der Waals surface area contributed by atoms with Crippen LogP contribution < -0.4 is 11.0 Å². The highest BCUT2D eigenvalue weighted by Gasteiger charge is 2.48. The Labute approximate surface area is 186 Å². The zero-order chi connectivity index (χ0) is 24.2. The number of carbonyl (C=O) groups excluding carboxylic acids is 3. The number of nitrogens with one attached hydrogen (secondary N) is 1. The van der Waals surface area contributed by atoms with E-state index in [2.05, 4.69) is 10.3 Å². The Morgan fingerprint density at radius 1 is 1.12 bits per heavy atom. The molecule has 1 aliphatic rings. The van der Waals surface area contributed by atoms with Gasteiger partial charge in [0.15, 0.2) is 12.3 Å². The summed E-state index contributed by atoms with van der Waals surface area (Å²) < 4.78 is 17.4. The molecule has 1 saturated heterocycles. The van der Waals surface area contributed by atoms with E-state index >= 15 is 0 Å². The minimum atomic E-state index is -1.42. The van der Waals surface area contributed by atoms with Crippen molar-refractivity contribution in [2.24, 2.45) is 17.8 Å². The molecule has 1 fully saturated rings. The first-order valence-electron chi connectivity index (χ1n) is 10.5. The summed E-state index contributed by atoms with van der Waals surface area (Å²) in [5.41, 5.74) is -0.788. The number of rotatable bonds is 8. The smallest absolute Gasteiger partial charge is 0.351 e. The number of anilines is 1. The third-order valence-electron chi connectivity index (χ3n) is 4.77. The number of hydrogen-bond donors (Lipinski definition) is 2. The third kappa shape index (κ3) is 6.13. The maximum atomic E-state index is 12.5. The third-order valence-corrected chi connectivity index (χ3v) is 4.77. The van der Waals surface area contributed by atoms with E-state index < -0.39 is 48.1 Å². The van der Waals surface area contributed by atoms with Crippen molar-refractivity contribution in [2.75, 3.05) is 11.9 Å². The number of nitrogens with zero attached hydrogens (tertiary/aromatic N) is 2. The lowest BCUT2D eigenvalue weighted by molar-refractivity contribution is -0.164. The van der Waals surface area contributed by atoms with Crippen molar-refractivity contribution in [2.45, 2.75) is 66.1 Å². The standard InChI is InChI=1S/C21H31N3O8/c1-10(2)17(26)22-14-7-8-24(21(29)23-14)18-15(25)16(32-20(28)12(5)6)13(31-18)9-30-19(27)11(3)4/h7-8,10-13,15-16,18,25H,9H2,1-6H3,(H,22,23,26,29)/t13-,15-,16-,18-/m1/s1. The summed E-state index contributed by atoms with van der Waals surface area (Å²) in [5, 5.41) is 13.3. The molecule has 1 aromatic heterocycles. The van der Waals surface area contributed by atoms with Crippen LogP contribution in [0.1, 0.15) is 47.8 Å². The first-order chi connectivity index (χ1) is 14.9. The first kappa shape index (κ1) is 25.5.